The van der Waals surface area contributed by atoms with Crippen molar-refractivity contribution in [3.63, 3.8) is 0 Å². The molecule has 1 aromatic carbocycles. The molecule has 0 saturated carbocycles. The van der Waals surface area contributed by atoms with Crippen LogP contribution in [-0.4, -0.2) is 87.0 Å². The van der Waals surface area contributed by atoms with E-state index in [1.165, 1.54) is 10.4 Å². The molecule has 0 N–H and O–H groups in total. The van der Waals surface area contributed by atoms with Crippen LogP contribution in [0.2, 0.25) is 0 Å². The molecule has 0 unspecified atom stereocenters. The minimum atomic E-state index is -3.65. The van der Waals surface area contributed by atoms with E-state index in [-0.39, 0.29) is 10.8 Å². The predicted octanol–water partition coefficient (Wildman–Crippen LogP) is 2.19. The largest absolute Gasteiger partial charge is 0.486 e. The second kappa shape index (κ2) is 10.7. The monoisotopic (exact) mass is 453 g/mol. The minimum Gasteiger partial charge on any atom is -0.486 e. The zero-order chi connectivity index (χ0) is 22.4. The highest BCUT2D eigenvalue weighted by Gasteiger charge is 2.31. The number of sulfonamides is 1. The molecule has 2 aliphatic rings. The molecule has 1 aromatic rings. The lowest BCUT2D eigenvalue weighted by Crippen LogP contribution is -2.53. The van der Waals surface area contributed by atoms with Crippen LogP contribution < -0.4 is 9.47 Å². The van der Waals surface area contributed by atoms with Crippen molar-refractivity contribution in [1.29, 1.82) is 0 Å². The van der Waals surface area contributed by atoms with Gasteiger partial charge in [-0.05, 0) is 38.9 Å². The first-order chi connectivity index (χ1) is 14.8. The summed E-state index contributed by atoms with van der Waals surface area (Å²) in [4.78, 5) is 17.0. The number of carbonyl (C=O) groups is 1. The van der Waals surface area contributed by atoms with Crippen LogP contribution in [0.25, 0.3) is 0 Å². The summed E-state index contributed by atoms with van der Waals surface area (Å²) < 4.78 is 38.6. The molecular formula is C22H35N3O5S. The maximum absolute atomic E-state index is 13.1. The van der Waals surface area contributed by atoms with E-state index in [1.807, 2.05) is 0 Å². The Balaban J connectivity index is 1.57. The van der Waals surface area contributed by atoms with Crippen molar-refractivity contribution in [2.45, 2.75) is 51.0 Å². The zero-order valence-electron chi connectivity index (χ0n) is 18.9. The second-order valence-corrected chi connectivity index (χ2v) is 10.3. The Hall–Kier alpha value is -1.84. The van der Waals surface area contributed by atoms with Crippen molar-refractivity contribution in [2.24, 2.45) is 0 Å². The molecule has 0 radical (unpaired) electrons. The maximum atomic E-state index is 13.1. The van der Waals surface area contributed by atoms with Gasteiger partial charge in [0.05, 0.1) is 11.4 Å². The molecule has 0 bridgehead atoms. The fourth-order valence-corrected chi connectivity index (χ4v) is 5.31. The Morgan fingerprint density at radius 1 is 1.06 bits per heavy atom. The highest BCUT2D eigenvalue weighted by Crippen LogP contribution is 2.33. The van der Waals surface area contributed by atoms with Crippen molar-refractivity contribution in [1.82, 2.24) is 14.1 Å². The van der Waals surface area contributed by atoms with Crippen LogP contribution in [0, 0.1) is 0 Å². The quantitative estimate of drug-likeness (QED) is 0.534. The molecule has 0 aliphatic carbocycles. The van der Waals surface area contributed by atoms with Crippen LogP contribution in [-0.2, 0) is 14.8 Å². The molecule has 174 valence electrons. The van der Waals surface area contributed by atoms with E-state index in [2.05, 4.69) is 25.7 Å². The lowest BCUT2D eigenvalue weighted by molar-refractivity contribution is -0.134. The highest BCUT2D eigenvalue weighted by molar-refractivity contribution is 7.89. The lowest BCUT2D eigenvalue weighted by Gasteiger charge is -2.36. The van der Waals surface area contributed by atoms with Crippen molar-refractivity contribution in [3.05, 3.63) is 18.2 Å². The molecule has 3 rings (SSSR count). The third-order valence-electron chi connectivity index (χ3n) is 5.86. The average molecular weight is 454 g/mol. The number of ether oxygens (including phenoxy) is 2. The smallest absolute Gasteiger partial charge is 0.243 e. The molecule has 1 saturated heterocycles. The third kappa shape index (κ3) is 5.90. The number of hydrogen-bond acceptors (Lipinski definition) is 6. The van der Waals surface area contributed by atoms with E-state index in [0.717, 1.165) is 25.8 Å². The lowest BCUT2D eigenvalue weighted by atomic mass is 10.2. The molecule has 31 heavy (non-hydrogen) atoms. The van der Waals surface area contributed by atoms with Crippen LogP contribution in [0.15, 0.2) is 23.1 Å². The van der Waals surface area contributed by atoms with Gasteiger partial charge >= 0.3 is 0 Å². The Kier molecular flexibility index (Phi) is 8.18. The molecule has 0 atom stereocenters. The molecule has 9 heteroatoms. The van der Waals surface area contributed by atoms with Crippen molar-refractivity contribution < 1.29 is 22.7 Å². The van der Waals surface area contributed by atoms with Gasteiger partial charge in [-0.2, -0.15) is 4.31 Å². The number of fused-ring (bicyclic) bond motifs is 1. The zero-order valence-corrected chi connectivity index (χ0v) is 19.7. The van der Waals surface area contributed by atoms with E-state index >= 15 is 0 Å². The average Bonchev–Trinajstić information content (AvgIpc) is 2.78. The number of benzene rings is 1. The SMILES string of the molecule is CCCCCN(CC(=O)N1CCN(S(=O)(=O)c2ccc3c(c2)OCCO3)CC1)C(C)C. The highest BCUT2D eigenvalue weighted by atomic mass is 32.2. The first-order valence-electron chi connectivity index (χ1n) is 11.2. The number of amides is 1. The van der Waals surface area contributed by atoms with E-state index in [1.54, 1.807) is 17.0 Å². The first-order valence-corrected chi connectivity index (χ1v) is 12.7. The molecule has 2 heterocycles. The van der Waals surface area contributed by atoms with Gasteiger partial charge < -0.3 is 14.4 Å². The van der Waals surface area contributed by atoms with Gasteiger partial charge in [-0.15, -0.1) is 0 Å². The van der Waals surface area contributed by atoms with Crippen molar-refractivity contribution >= 4 is 15.9 Å². The second-order valence-electron chi connectivity index (χ2n) is 8.36. The van der Waals surface area contributed by atoms with Gasteiger partial charge in [-0.1, -0.05) is 19.8 Å². The Bertz CT molecular complexity index is 851. The molecule has 0 spiro atoms. The summed E-state index contributed by atoms with van der Waals surface area (Å²) in [5.74, 6) is 1.09. The Morgan fingerprint density at radius 2 is 1.74 bits per heavy atom. The summed E-state index contributed by atoms with van der Waals surface area (Å²) in [5.41, 5.74) is 0. The summed E-state index contributed by atoms with van der Waals surface area (Å²) in [5, 5.41) is 0. The molecule has 0 aromatic heterocycles. The summed E-state index contributed by atoms with van der Waals surface area (Å²) in [6.45, 7) is 9.95. The number of hydrogen-bond donors (Lipinski definition) is 0. The van der Waals surface area contributed by atoms with Crippen LogP contribution in [0.3, 0.4) is 0 Å². The molecule has 1 amide bonds. The topological polar surface area (TPSA) is 79.4 Å². The molecular weight excluding hydrogens is 418 g/mol. The fourth-order valence-electron chi connectivity index (χ4n) is 3.87. The van der Waals surface area contributed by atoms with Crippen molar-refractivity contribution in [3.8, 4) is 11.5 Å². The molecule has 1 fully saturated rings. The van der Waals surface area contributed by atoms with Crippen molar-refractivity contribution in [2.75, 3.05) is 52.5 Å². The van der Waals surface area contributed by atoms with E-state index < -0.39 is 10.0 Å². The summed E-state index contributed by atoms with van der Waals surface area (Å²) in [7, 11) is -3.65. The number of rotatable bonds is 9. The van der Waals surface area contributed by atoms with Crippen LogP contribution in [0.4, 0.5) is 0 Å². The van der Waals surface area contributed by atoms with Gasteiger partial charge in [0.2, 0.25) is 15.9 Å². The van der Waals surface area contributed by atoms with Crippen LogP contribution >= 0.6 is 0 Å². The number of carbonyl (C=O) groups excluding carboxylic acids is 1. The van der Waals surface area contributed by atoms with Gasteiger partial charge in [-0.25, -0.2) is 8.42 Å². The number of nitrogens with zero attached hydrogens (tertiary/aromatic N) is 3. The number of piperazine rings is 1. The van der Waals surface area contributed by atoms with E-state index in [4.69, 9.17) is 9.47 Å². The predicted molar refractivity (Wildman–Crippen MR) is 119 cm³/mol. The minimum absolute atomic E-state index is 0.0709. The Labute approximate surface area is 186 Å². The summed E-state index contributed by atoms with van der Waals surface area (Å²) in [6.07, 6.45) is 3.40. The fraction of sp³-hybridized carbons (Fsp3) is 0.682. The standard InChI is InChI=1S/C22H35N3O5S/c1-4-5-6-9-24(18(2)3)17-22(26)23-10-12-25(13-11-23)31(27,28)19-7-8-20-21(16-19)30-15-14-29-20/h7-8,16,18H,4-6,9-15,17H2,1-3H3. The van der Waals surface area contributed by atoms with E-state index in [9.17, 15) is 13.2 Å². The van der Waals surface area contributed by atoms with Gasteiger partial charge in [0, 0.05) is 38.3 Å². The third-order valence-corrected chi connectivity index (χ3v) is 7.75. The van der Waals surface area contributed by atoms with Gasteiger partial charge in [-0.3, -0.25) is 9.69 Å². The van der Waals surface area contributed by atoms with Gasteiger partial charge in [0.1, 0.15) is 13.2 Å². The summed E-state index contributed by atoms with van der Waals surface area (Å²) in [6, 6.07) is 5.02. The van der Waals surface area contributed by atoms with E-state index in [0.29, 0.717) is 63.5 Å². The van der Waals surface area contributed by atoms with Crippen LogP contribution in [0.1, 0.15) is 40.0 Å². The molecule has 8 nitrogen and oxygen atoms in total. The Morgan fingerprint density at radius 3 is 2.39 bits per heavy atom. The number of unbranched alkanes of at least 4 members (excludes halogenated alkanes) is 2. The first kappa shape index (κ1) is 23.8. The summed E-state index contributed by atoms with van der Waals surface area (Å²) >= 11 is 0. The van der Waals surface area contributed by atoms with Gasteiger partial charge in [0.25, 0.3) is 0 Å². The molecule has 2 aliphatic heterocycles. The van der Waals surface area contributed by atoms with Gasteiger partial charge in [0.15, 0.2) is 11.5 Å². The van der Waals surface area contributed by atoms with Crippen LogP contribution in [0.5, 0.6) is 11.5 Å². The maximum Gasteiger partial charge on any atom is 0.243 e. The normalized spacial score (nSPS) is 17.4.